The van der Waals surface area contributed by atoms with E-state index in [2.05, 4.69) is 10.5 Å². The second-order valence-corrected chi connectivity index (χ2v) is 8.27. The molecule has 4 nitrogen and oxygen atoms in total. The summed E-state index contributed by atoms with van der Waals surface area (Å²) in [5, 5.41) is 7.47. The Morgan fingerprint density at radius 1 is 1.11 bits per heavy atom. The van der Waals surface area contributed by atoms with Gasteiger partial charge in [0.05, 0.1) is 18.3 Å². The highest BCUT2D eigenvalue weighted by atomic mass is 19.4. The summed E-state index contributed by atoms with van der Waals surface area (Å²) in [6, 6.07) is 5.56. The van der Waals surface area contributed by atoms with Crippen molar-refractivity contribution in [2.24, 2.45) is 11.8 Å². The lowest BCUT2D eigenvalue weighted by molar-refractivity contribution is -0.137. The number of alkyl halides is 3. The summed E-state index contributed by atoms with van der Waals surface area (Å²) >= 11 is 0. The van der Waals surface area contributed by atoms with Crippen molar-refractivity contribution in [3.05, 3.63) is 41.2 Å². The lowest BCUT2D eigenvalue weighted by atomic mass is 9.99. The van der Waals surface area contributed by atoms with Crippen LogP contribution in [0.4, 0.5) is 13.2 Å². The van der Waals surface area contributed by atoms with Crippen LogP contribution in [-0.4, -0.2) is 24.4 Å². The molecule has 2 unspecified atom stereocenters. The number of hydrogen-bond donors (Lipinski definition) is 1. The van der Waals surface area contributed by atoms with E-state index in [-0.39, 0.29) is 29.9 Å². The number of nitrogens with one attached hydrogen (secondary N) is 1. The van der Waals surface area contributed by atoms with E-state index in [9.17, 15) is 13.2 Å². The van der Waals surface area contributed by atoms with E-state index in [1.165, 1.54) is 12.1 Å². The summed E-state index contributed by atoms with van der Waals surface area (Å²) in [6.45, 7) is 2.33. The number of fused-ring (bicyclic) bond motifs is 1. The molecule has 28 heavy (non-hydrogen) atoms. The monoisotopic (exact) mass is 392 g/mol. The van der Waals surface area contributed by atoms with Gasteiger partial charge in [0.2, 0.25) is 0 Å². The minimum absolute atomic E-state index is 0.0664. The van der Waals surface area contributed by atoms with Crippen molar-refractivity contribution in [1.82, 2.24) is 10.5 Å². The lowest BCUT2D eigenvalue weighted by Gasteiger charge is -2.15. The molecule has 2 heterocycles. The molecule has 1 aromatic carbocycles. The highest BCUT2D eigenvalue weighted by Crippen LogP contribution is 2.46. The Morgan fingerprint density at radius 3 is 2.50 bits per heavy atom. The van der Waals surface area contributed by atoms with E-state index in [1.807, 2.05) is 0 Å². The molecule has 1 aliphatic heterocycles. The maximum atomic E-state index is 13.5. The first-order chi connectivity index (χ1) is 13.5. The Kier molecular flexibility index (Phi) is 4.47. The van der Waals surface area contributed by atoms with Crippen LogP contribution >= 0.6 is 0 Å². The van der Waals surface area contributed by atoms with E-state index in [4.69, 9.17) is 9.26 Å². The van der Waals surface area contributed by atoms with Gasteiger partial charge in [0.25, 0.3) is 0 Å². The maximum absolute atomic E-state index is 13.5. The Labute approximate surface area is 161 Å². The molecular formula is C21H23F3N2O2. The van der Waals surface area contributed by atoms with E-state index in [0.717, 1.165) is 44.8 Å². The zero-order valence-electron chi connectivity index (χ0n) is 15.5. The van der Waals surface area contributed by atoms with Crippen molar-refractivity contribution in [2.45, 2.75) is 50.5 Å². The van der Waals surface area contributed by atoms with Gasteiger partial charge in [0.15, 0.2) is 0 Å². The Bertz CT molecular complexity index is 848. The zero-order valence-corrected chi connectivity index (χ0v) is 15.5. The Balaban J connectivity index is 1.43. The van der Waals surface area contributed by atoms with Crippen molar-refractivity contribution in [2.75, 3.05) is 13.1 Å². The van der Waals surface area contributed by atoms with Crippen LogP contribution in [0.2, 0.25) is 0 Å². The summed E-state index contributed by atoms with van der Waals surface area (Å²) in [4.78, 5) is 0. The molecule has 2 aromatic rings. The molecule has 0 amide bonds. The van der Waals surface area contributed by atoms with Gasteiger partial charge in [0, 0.05) is 17.0 Å². The molecule has 1 N–H and O–H groups in total. The minimum atomic E-state index is -4.44. The number of nitrogens with zero attached hydrogens (tertiary/aromatic N) is 1. The first-order valence-corrected chi connectivity index (χ1v) is 9.98. The normalized spacial score (nSPS) is 27.3. The van der Waals surface area contributed by atoms with Crippen molar-refractivity contribution in [1.29, 1.82) is 0 Å². The van der Waals surface area contributed by atoms with E-state index in [1.54, 1.807) is 6.07 Å². The third-order valence-corrected chi connectivity index (χ3v) is 6.33. The highest BCUT2D eigenvalue weighted by Gasteiger charge is 2.40. The number of ether oxygens (including phenoxy) is 1. The van der Waals surface area contributed by atoms with Gasteiger partial charge in [-0.05, 0) is 56.7 Å². The summed E-state index contributed by atoms with van der Waals surface area (Å²) in [5.41, 5.74) is 0.342. The van der Waals surface area contributed by atoms with Crippen LogP contribution in [0.15, 0.2) is 28.8 Å². The molecule has 3 fully saturated rings. The molecule has 2 aliphatic carbocycles. The molecule has 5 rings (SSSR count). The summed E-state index contributed by atoms with van der Waals surface area (Å²) in [5.74, 6) is 2.26. The van der Waals surface area contributed by atoms with Crippen LogP contribution in [-0.2, 0) is 17.5 Å². The summed E-state index contributed by atoms with van der Waals surface area (Å²) in [7, 11) is 0. The molecular weight excluding hydrogens is 369 g/mol. The Morgan fingerprint density at radius 2 is 1.82 bits per heavy atom. The number of hydrogen-bond acceptors (Lipinski definition) is 4. The third-order valence-electron chi connectivity index (χ3n) is 6.33. The average molecular weight is 392 g/mol. The van der Waals surface area contributed by atoms with Crippen LogP contribution in [0.5, 0.6) is 0 Å². The van der Waals surface area contributed by atoms with Crippen molar-refractivity contribution < 1.29 is 22.4 Å². The van der Waals surface area contributed by atoms with Gasteiger partial charge in [-0.25, -0.2) is 0 Å². The average Bonchev–Trinajstić information content (AvgIpc) is 3.09. The second-order valence-electron chi connectivity index (χ2n) is 8.27. The predicted octanol–water partition coefficient (Wildman–Crippen LogP) is 4.75. The molecule has 3 aliphatic rings. The smallest absolute Gasteiger partial charge is 0.373 e. The van der Waals surface area contributed by atoms with Gasteiger partial charge in [0.1, 0.15) is 11.5 Å². The SMILES string of the molecule is FC(F)(F)c1ccccc1-c1noc(C2CC2)c1COC1CC2CNC[C@@H]2C1. The standard InChI is InChI=1S/C21H23F3N2O2/c22-21(23,24)18-4-2-1-3-16(18)19-17(20(28-26-19)12-5-6-12)11-27-15-7-13-9-25-10-14(13)8-15/h1-4,12-15,25H,5-11H2/t13-,14?,15?/m0/s1. The van der Waals surface area contributed by atoms with Gasteiger partial charge >= 0.3 is 6.18 Å². The number of rotatable bonds is 5. The van der Waals surface area contributed by atoms with Crippen LogP contribution in [0.3, 0.4) is 0 Å². The zero-order chi connectivity index (χ0) is 19.3. The first kappa shape index (κ1) is 18.2. The highest BCUT2D eigenvalue weighted by molar-refractivity contribution is 5.68. The lowest BCUT2D eigenvalue weighted by Crippen LogP contribution is -2.16. The minimum Gasteiger partial charge on any atom is -0.373 e. The fourth-order valence-corrected chi connectivity index (χ4v) is 4.72. The van der Waals surface area contributed by atoms with Crippen molar-refractivity contribution >= 4 is 0 Å². The van der Waals surface area contributed by atoms with Crippen LogP contribution in [0, 0.1) is 11.8 Å². The van der Waals surface area contributed by atoms with Crippen LogP contribution < -0.4 is 5.32 Å². The third kappa shape index (κ3) is 3.35. The second kappa shape index (κ2) is 6.88. The van der Waals surface area contributed by atoms with Crippen LogP contribution in [0.1, 0.15) is 48.5 Å². The topological polar surface area (TPSA) is 47.3 Å². The van der Waals surface area contributed by atoms with Crippen LogP contribution in [0.25, 0.3) is 11.3 Å². The van der Waals surface area contributed by atoms with E-state index >= 15 is 0 Å². The molecule has 2 saturated carbocycles. The number of halogens is 3. The first-order valence-electron chi connectivity index (χ1n) is 9.98. The van der Waals surface area contributed by atoms with Crippen molar-refractivity contribution in [3.8, 4) is 11.3 Å². The Hall–Kier alpha value is -1.86. The molecule has 0 radical (unpaired) electrons. The fourth-order valence-electron chi connectivity index (χ4n) is 4.72. The summed E-state index contributed by atoms with van der Waals surface area (Å²) < 4.78 is 52.2. The number of benzene rings is 1. The molecule has 150 valence electrons. The molecule has 3 atom stereocenters. The van der Waals surface area contributed by atoms with Gasteiger partial charge in [-0.3, -0.25) is 0 Å². The van der Waals surface area contributed by atoms with Gasteiger partial charge in [-0.2, -0.15) is 13.2 Å². The number of aromatic nitrogens is 1. The van der Waals surface area contributed by atoms with E-state index in [0.29, 0.717) is 23.2 Å². The largest absolute Gasteiger partial charge is 0.417 e. The predicted molar refractivity (Wildman–Crippen MR) is 96.6 cm³/mol. The quantitative estimate of drug-likeness (QED) is 0.798. The van der Waals surface area contributed by atoms with Gasteiger partial charge in [-0.1, -0.05) is 23.4 Å². The van der Waals surface area contributed by atoms with Gasteiger partial charge in [-0.15, -0.1) is 0 Å². The summed E-state index contributed by atoms with van der Waals surface area (Å²) in [6.07, 6.45) is -0.288. The van der Waals surface area contributed by atoms with Crippen molar-refractivity contribution in [3.63, 3.8) is 0 Å². The van der Waals surface area contributed by atoms with Gasteiger partial charge < -0.3 is 14.6 Å². The van der Waals surface area contributed by atoms with E-state index < -0.39 is 11.7 Å². The molecule has 0 bridgehead atoms. The molecule has 7 heteroatoms. The molecule has 1 saturated heterocycles. The maximum Gasteiger partial charge on any atom is 0.417 e. The molecule has 0 spiro atoms. The fraction of sp³-hybridized carbons (Fsp3) is 0.571. The molecule has 1 aromatic heterocycles.